The van der Waals surface area contributed by atoms with E-state index >= 15 is 0 Å². The van der Waals surface area contributed by atoms with E-state index in [4.69, 9.17) is 0 Å². The van der Waals surface area contributed by atoms with Gasteiger partial charge < -0.3 is 10.2 Å². The number of nitrogens with one attached hydrogen (secondary N) is 1. The Morgan fingerprint density at radius 3 is 2.77 bits per heavy atom. The predicted octanol–water partition coefficient (Wildman–Crippen LogP) is 3.85. The molecule has 0 saturated carbocycles. The monoisotopic (exact) mass is 358 g/mol. The Morgan fingerprint density at radius 1 is 1.18 bits per heavy atom. The van der Waals surface area contributed by atoms with E-state index < -0.39 is 0 Å². The molecule has 0 aromatic heterocycles. The Balaban J connectivity index is 1.62. The largest absolute Gasteiger partial charge is 0.367 e. The van der Waals surface area contributed by atoms with Gasteiger partial charge in [-0.3, -0.25) is 4.79 Å². The quantitative estimate of drug-likeness (QED) is 0.900. The molecule has 1 fully saturated rings. The van der Waals surface area contributed by atoms with Gasteiger partial charge in [0.1, 0.15) is 0 Å². The number of amides is 1. The maximum absolute atomic E-state index is 12.2. The molecule has 0 spiro atoms. The lowest BCUT2D eigenvalue weighted by Crippen LogP contribution is -2.40. The van der Waals surface area contributed by atoms with Crippen LogP contribution < -0.4 is 10.2 Å². The van der Waals surface area contributed by atoms with Crippen molar-refractivity contribution in [3.8, 4) is 0 Å². The van der Waals surface area contributed by atoms with Gasteiger partial charge in [0.15, 0.2) is 0 Å². The van der Waals surface area contributed by atoms with Crippen molar-refractivity contribution in [3.05, 3.63) is 64.6 Å². The van der Waals surface area contributed by atoms with Crippen molar-refractivity contribution < 1.29 is 4.79 Å². The van der Waals surface area contributed by atoms with E-state index in [0.29, 0.717) is 18.2 Å². The Labute approximate surface area is 139 Å². The fraction of sp³-hybridized carbons (Fsp3) is 0.278. The zero-order chi connectivity index (χ0) is 15.4. The third-order valence-corrected chi connectivity index (χ3v) is 4.54. The summed E-state index contributed by atoms with van der Waals surface area (Å²) in [7, 11) is 0. The molecule has 2 aromatic rings. The molecule has 1 N–H and O–H groups in total. The highest BCUT2D eigenvalue weighted by molar-refractivity contribution is 9.10. The molecule has 0 radical (unpaired) electrons. The van der Waals surface area contributed by atoms with Crippen LogP contribution >= 0.6 is 15.9 Å². The summed E-state index contributed by atoms with van der Waals surface area (Å²) in [6, 6.07) is 18.3. The maximum Gasteiger partial charge on any atom is 0.251 e. The fourth-order valence-corrected chi connectivity index (χ4v) is 3.35. The second-order valence-electron chi connectivity index (χ2n) is 5.55. The Morgan fingerprint density at radius 2 is 2.00 bits per heavy atom. The van der Waals surface area contributed by atoms with E-state index in [2.05, 4.69) is 50.4 Å². The van der Waals surface area contributed by atoms with Crippen LogP contribution in [0.1, 0.15) is 23.2 Å². The number of benzene rings is 2. The van der Waals surface area contributed by atoms with Crippen LogP contribution in [0.15, 0.2) is 59.1 Å². The number of para-hydroxylation sites is 1. The molecule has 1 aliphatic heterocycles. The molecule has 0 unspecified atom stereocenters. The minimum Gasteiger partial charge on any atom is -0.367 e. The molecule has 0 bridgehead atoms. The Hall–Kier alpha value is -1.81. The molecule has 3 rings (SSSR count). The normalized spacial score (nSPS) is 17.5. The Kier molecular flexibility index (Phi) is 4.78. The summed E-state index contributed by atoms with van der Waals surface area (Å²) in [6.45, 7) is 1.74. The Bertz CT molecular complexity index is 645. The van der Waals surface area contributed by atoms with Crippen LogP contribution in [-0.2, 0) is 0 Å². The van der Waals surface area contributed by atoms with Crippen LogP contribution in [0.4, 0.5) is 5.69 Å². The number of carbonyl (C=O) groups excluding carboxylic acids is 1. The van der Waals surface area contributed by atoms with Crippen molar-refractivity contribution >= 4 is 27.5 Å². The van der Waals surface area contributed by atoms with E-state index in [9.17, 15) is 4.79 Å². The molecular formula is C18H19BrN2O. The van der Waals surface area contributed by atoms with Crippen LogP contribution in [-0.4, -0.2) is 25.0 Å². The lowest BCUT2D eigenvalue weighted by molar-refractivity contribution is 0.0951. The van der Waals surface area contributed by atoms with Gasteiger partial charge in [-0.15, -0.1) is 0 Å². The lowest BCUT2D eigenvalue weighted by atomic mass is 10.2. The smallest absolute Gasteiger partial charge is 0.251 e. The molecule has 1 heterocycles. The van der Waals surface area contributed by atoms with E-state index in [0.717, 1.165) is 17.4 Å². The zero-order valence-electron chi connectivity index (χ0n) is 12.3. The highest BCUT2D eigenvalue weighted by Gasteiger charge is 2.25. The second kappa shape index (κ2) is 6.97. The van der Waals surface area contributed by atoms with Crippen LogP contribution in [0.3, 0.4) is 0 Å². The minimum absolute atomic E-state index is 0.0128. The van der Waals surface area contributed by atoms with Crippen molar-refractivity contribution in [3.63, 3.8) is 0 Å². The molecule has 1 aliphatic rings. The molecule has 3 nitrogen and oxygen atoms in total. The molecule has 1 atom stereocenters. The first-order valence-corrected chi connectivity index (χ1v) is 8.39. The van der Waals surface area contributed by atoms with E-state index in [1.807, 2.05) is 30.3 Å². The molecule has 22 heavy (non-hydrogen) atoms. The van der Waals surface area contributed by atoms with Gasteiger partial charge in [-0.1, -0.05) is 40.2 Å². The van der Waals surface area contributed by atoms with Crippen molar-refractivity contribution in [2.75, 3.05) is 18.0 Å². The zero-order valence-corrected chi connectivity index (χ0v) is 13.9. The summed E-state index contributed by atoms with van der Waals surface area (Å²) < 4.78 is 0.923. The lowest BCUT2D eigenvalue weighted by Gasteiger charge is -2.27. The van der Waals surface area contributed by atoms with Gasteiger partial charge in [0.25, 0.3) is 5.91 Å². The number of hydrogen-bond acceptors (Lipinski definition) is 2. The summed E-state index contributed by atoms with van der Waals surface area (Å²) >= 11 is 3.40. The topological polar surface area (TPSA) is 32.3 Å². The summed E-state index contributed by atoms with van der Waals surface area (Å²) in [5.41, 5.74) is 1.93. The summed E-state index contributed by atoms with van der Waals surface area (Å²) in [5.74, 6) is -0.0128. The number of rotatable bonds is 4. The summed E-state index contributed by atoms with van der Waals surface area (Å²) in [4.78, 5) is 14.6. The first-order chi connectivity index (χ1) is 10.7. The van der Waals surface area contributed by atoms with E-state index in [-0.39, 0.29) is 5.91 Å². The average Bonchev–Trinajstić information content (AvgIpc) is 3.02. The van der Waals surface area contributed by atoms with Gasteiger partial charge in [-0.05, 0) is 43.2 Å². The minimum atomic E-state index is -0.0128. The van der Waals surface area contributed by atoms with Gasteiger partial charge in [-0.2, -0.15) is 0 Å². The predicted molar refractivity (Wildman–Crippen MR) is 93.3 cm³/mol. The molecule has 0 aliphatic carbocycles. The van der Waals surface area contributed by atoms with Crippen molar-refractivity contribution in [1.29, 1.82) is 0 Å². The number of carbonyl (C=O) groups is 1. The van der Waals surface area contributed by atoms with Crippen LogP contribution in [0, 0.1) is 0 Å². The number of nitrogens with zero attached hydrogens (tertiary/aromatic N) is 1. The van der Waals surface area contributed by atoms with Gasteiger partial charge in [0.05, 0.1) is 0 Å². The fourth-order valence-electron chi connectivity index (χ4n) is 2.95. The van der Waals surface area contributed by atoms with Crippen LogP contribution in [0.5, 0.6) is 0 Å². The summed E-state index contributed by atoms with van der Waals surface area (Å²) in [6.07, 6.45) is 2.29. The number of hydrogen-bond donors (Lipinski definition) is 1. The van der Waals surface area contributed by atoms with Gasteiger partial charge in [0.2, 0.25) is 0 Å². The second-order valence-corrected chi connectivity index (χ2v) is 6.46. The van der Waals surface area contributed by atoms with Crippen molar-refractivity contribution in [2.24, 2.45) is 0 Å². The SMILES string of the molecule is O=C(NC[C@@H]1CCCN1c1ccccc1)c1cccc(Br)c1. The van der Waals surface area contributed by atoms with Crippen molar-refractivity contribution in [2.45, 2.75) is 18.9 Å². The first-order valence-electron chi connectivity index (χ1n) is 7.59. The standard InChI is InChI=1S/C18H19BrN2O/c19-15-7-4-6-14(12-15)18(22)20-13-17-10-5-11-21(17)16-8-2-1-3-9-16/h1-4,6-9,12,17H,5,10-11,13H2,(H,20,22)/t17-/m0/s1. The van der Waals surface area contributed by atoms with E-state index in [1.165, 1.54) is 12.1 Å². The molecule has 114 valence electrons. The molecule has 1 amide bonds. The molecule has 2 aromatic carbocycles. The molecular weight excluding hydrogens is 340 g/mol. The van der Waals surface area contributed by atoms with Crippen molar-refractivity contribution in [1.82, 2.24) is 5.32 Å². The van der Waals surface area contributed by atoms with Crippen LogP contribution in [0.25, 0.3) is 0 Å². The molecule has 4 heteroatoms. The van der Waals surface area contributed by atoms with E-state index in [1.54, 1.807) is 0 Å². The van der Waals surface area contributed by atoms with Gasteiger partial charge >= 0.3 is 0 Å². The highest BCUT2D eigenvalue weighted by Crippen LogP contribution is 2.24. The average molecular weight is 359 g/mol. The first kappa shape index (κ1) is 15.1. The van der Waals surface area contributed by atoms with Gasteiger partial charge in [-0.25, -0.2) is 0 Å². The van der Waals surface area contributed by atoms with Crippen LogP contribution in [0.2, 0.25) is 0 Å². The number of anilines is 1. The number of halogens is 1. The third-order valence-electron chi connectivity index (χ3n) is 4.05. The maximum atomic E-state index is 12.2. The van der Waals surface area contributed by atoms with Gasteiger partial charge in [0, 0.05) is 34.9 Å². The third kappa shape index (κ3) is 3.50. The summed E-state index contributed by atoms with van der Waals surface area (Å²) in [5, 5.41) is 3.07. The molecule has 1 saturated heterocycles. The highest BCUT2D eigenvalue weighted by atomic mass is 79.9.